The second kappa shape index (κ2) is 5.75. The fraction of sp³-hybridized carbons (Fsp3) is 0.467. The van der Waals surface area contributed by atoms with Crippen LogP contribution in [0.1, 0.15) is 44.2 Å². The Bertz CT molecular complexity index is 310. The molecule has 1 unspecified atom stereocenters. The number of rotatable bonds is 5. The Balaban J connectivity index is 2.69. The molecule has 0 aliphatic rings. The van der Waals surface area contributed by atoms with Gasteiger partial charge in [0.2, 0.25) is 0 Å². The normalized spacial score (nSPS) is 12.8. The van der Waals surface area contributed by atoms with Gasteiger partial charge in [-0.25, -0.2) is 0 Å². The first-order chi connectivity index (χ1) is 7.13. The molecule has 0 aliphatic carbocycles. The van der Waals surface area contributed by atoms with Crippen LogP contribution in [0.5, 0.6) is 0 Å². The van der Waals surface area contributed by atoms with Crippen molar-refractivity contribution in [3.05, 3.63) is 48.0 Å². The van der Waals surface area contributed by atoms with Crippen LogP contribution in [0.25, 0.3) is 0 Å². The third-order valence-electron chi connectivity index (χ3n) is 2.77. The maximum absolute atomic E-state index is 3.79. The molecule has 0 N–H and O–H groups in total. The summed E-state index contributed by atoms with van der Waals surface area (Å²) in [7, 11) is 0. The van der Waals surface area contributed by atoms with E-state index in [9.17, 15) is 0 Å². The van der Waals surface area contributed by atoms with Gasteiger partial charge < -0.3 is 0 Å². The van der Waals surface area contributed by atoms with Crippen LogP contribution in [0.15, 0.2) is 36.9 Å². The minimum atomic E-state index is 0.625. The number of benzene rings is 1. The molecule has 0 aromatic heterocycles. The van der Waals surface area contributed by atoms with E-state index in [4.69, 9.17) is 0 Å². The molecular weight excluding hydrogens is 180 g/mol. The molecule has 0 amide bonds. The maximum atomic E-state index is 3.79. The van der Waals surface area contributed by atoms with Crippen molar-refractivity contribution in [2.75, 3.05) is 0 Å². The largest absolute Gasteiger partial charge is 0.103 e. The zero-order chi connectivity index (χ0) is 11.3. The van der Waals surface area contributed by atoms with E-state index < -0.39 is 0 Å². The molecule has 0 saturated heterocycles. The average molecular weight is 202 g/mol. The Hall–Kier alpha value is -1.04. The molecule has 1 rings (SSSR count). The highest BCUT2D eigenvalue weighted by atomic mass is 14.1. The van der Waals surface area contributed by atoms with Gasteiger partial charge in [-0.2, -0.15) is 0 Å². The van der Waals surface area contributed by atoms with Gasteiger partial charge in [-0.05, 0) is 35.8 Å². The predicted octanol–water partition coefficient (Wildman–Crippen LogP) is 4.56. The summed E-state index contributed by atoms with van der Waals surface area (Å²) < 4.78 is 0. The summed E-state index contributed by atoms with van der Waals surface area (Å²) in [6.45, 7) is 10.6. The van der Waals surface area contributed by atoms with Gasteiger partial charge in [0, 0.05) is 0 Å². The van der Waals surface area contributed by atoms with Crippen LogP contribution in [-0.2, 0) is 6.42 Å². The fourth-order valence-corrected chi connectivity index (χ4v) is 1.85. The van der Waals surface area contributed by atoms with E-state index in [2.05, 4.69) is 51.6 Å². The van der Waals surface area contributed by atoms with Crippen LogP contribution in [0.3, 0.4) is 0 Å². The van der Waals surface area contributed by atoms with Crippen molar-refractivity contribution in [2.24, 2.45) is 5.92 Å². The van der Waals surface area contributed by atoms with Crippen LogP contribution in [-0.4, -0.2) is 0 Å². The second-order valence-electron chi connectivity index (χ2n) is 4.73. The summed E-state index contributed by atoms with van der Waals surface area (Å²) in [5.74, 6) is 1.32. The van der Waals surface area contributed by atoms with E-state index in [0.29, 0.717) is 11.8 Å². The Morgan fingerprint density at radius 3 is 2.60 bits per heavy atom. The van der Waals surface area contributed by atoms with Crippen LogP contribution in [0.4, 0.5) is 0 Å². The van der Waals surface area contributed by atoms with E-state index in [1.807, 2.05) is 6.08 Å². The number of hydrogen-bond donors (Lipinski definition) is 0. The lowest BCUT2D eigenvalue weighted by atomic mass is 9.94. The van der Waals surface area contributed by atoms with Crippen LogP contribution in [0.2, 0.25) is 0 Å². The molecule has 0 bridgehead atoms. The summed E-state index contributed by atoms with van der Waals surface area (Å²) in [5, 5.41) is 0. The first kappa shape index (κ1) is 12.0. The van der Waals surface area contributed by atoms with E-state index in [-0.39, 0.29) is 0 Å². The van der Waals surface area contributed by atoms with Gasteiger partial charge in [0.05, 0.1) is 0 Å². The summed E-state index contributed by atoms with van der Waals surface area (Å²) >= 11 is 0. The van der Waals surface area contributed by atoms with E-state index in [0.717, 1.165) is 12.8 Å². The first-order valence-electron chi connectivity index (χ1n) is 5.83. The fourth-order valence-electron chi connectivity index (χ4n) is 1.85. The quantitative estimate of drug-likeness (QED) is 0.614. The van der Waals surface area contributed by atoms with E-state index >= 15 is 0 Å². The molecule has 1 aromatic rings. The third kappa shape index (κ3) is 3.91. The molecule has 0 heterocycles. The monoisotopic (exact) mass is 202 g/mol. The van der Waals surface area contributed by atoms with Crippen molar-refractivity contribution >= 4 is 0 Å². The SMILES string of the molecule is C=CCC(C)Cc1cccc(C(C)C)c1. The Morgan fingerprint density at radius 2 is 2.00 bits per heavy atom. The maximum Gasteiger partial charge on any atom is -0.0219 e. The second-order valence-corrected chi connectivity index (χ2v) is 4.73. The Morgan fingerprint density at radius 1 is 1.27 bits per heavy atom. The zero-order valence-electron chi connectivity index (χ0n) is 10.2. The molecule has 0 heteroatoms. The molecule has 1 atom stereocenters. The molecular formula is C15H22. The van der Waals surface area contributed by atoms with Gasteiger partial charge in [-0.1, -0.05) is 51.1 Å². The summed E-state index contributed by atoms with van der Waals surface area (Å²) in [6, 6.07) is 8.95. The van der Waals surface area contributed by atoms with Crippen molar-refractivity contribution in [1.29, 1.82) is 0 Å². The first-order valence-corrected chi connectivity index (χ1v) is 5.83. The highest BCUT2D eigenvalue weighted by Crippen LogP contribution is 2.18. The minimum Gasteiger partial charge on any atom is -0.103 e. The highest BCUT2D eigenvalue weighted by molar-refractivity contribution is 5.26. The predicted molar refractivity (Wildman–Crippen MR) is 68.2 cm³/mol. The van der Waals surface area contributed by atoms with Gasteiger partial charge in [0.1, 0.15) is 0 Å². The highest BCUT2D eigenvalue weighted by Gasteiger charge is 2.04. The third-order valence-corrected chi connectivity index (χ3v) is 2.77. The zero-order valence-corrected chi connectivity index (χ0v) is 10.2. The lowest BCUT2D eigenvalue weighted by Crippen LogP contribution is -1.99. The summed E-state index contributed by atoms with van der Waals surface area (Å²) in [5.41, 5.74) is 2.90. The van der Waals surface area contributed by atoms with Crippen molar-refractivity contribution in [1.82, 2.24) is 0 Å². The van der Waals surface area contributed by atoms with Gasteiger partial charge >= 0.3 is 0 Å². The molecule has 15 heavy (non-hydrogen) atoms. The number of allylic oxidation sites excluding steroid dienone is 1. The Labute approximate surface area is 94.0 Å². The summed E-state index contributed by atoms with van der Waals surface area (Å²) in [6.07, 6.45) is 4.27. The molecule has 0 radical (unpaired) electrons. The van der Waals surface area contributed by atoms with Crippen molar-refractivity contribution < 1.29 is 0 Å². The number of hydrogen-bond acceptors (Lipinski definition) is 0. The molecule has 0 nitrogen and oxygen atoms in total. The average Bonchev–Trinajstić information content (AvgIpc) is 2.18. The molecule has 0 aliphatic heterocycles. The van der Waals surface area contributed by atoms with Gasteiger partial charge in [-0.15, -0.1) is 6.58 Å². The van der Waals surface area contributed by atoms with Crippen LogP contribution in [0, 0.1) is 5.92 Å². The molecule has 0 spiro atoms. The standard InChI is InChI=1S/C15H22/c1-5-7-13(4)10-14-8-6-9-15(11-14)12(2)3/h5-6,8-9,11-13H,1,7,10H2,2-4H3. The van der Waals surface area contributed by atoms with Crippen molar-refractivity contribution in [3.63, 3.8) is 0 Å². The van der Waals surface area contributed by atoms with Crippen molar-refractivity contribution in [3.8, 4) is 0 Å². The van der Waals surface area contributed by atoms with E-state index in [1.165, 1.54) is 11.1 Å². The topological polar surface area (TPSA) is 0 Å². The van der Waals surface area contributed by atoms with E-state index in [1.54, 1.807) is 0 Å². The lowest BCUT2D eigenvalue weighted by molar-refractivity contribution is 0.590. The molecule has 0 saturated carbocycles. The van der Waals surface area contributed by atoms with Crippen LogP contribution < -0.4 is 0 Å². The van der Waals surface area contributed by atoms with Crippen molar-refractivity contribution in [2.45, 2.75) is 39.5 Å². The van der Waals surface area contributed by atoms with Crippen LogP contribution >= 0.6 is 0 Å². The smallest absolute Gasteiger partial charge is 0.0219 e. The molecule has 0 fully saturated rings. The van der Waals surface area contributed by atoms with Gasteiger partial charge in [0.25, 0.3) is 0 Å². The lowest BCUT2D eigenvalue weighted by Gasteiger charge is -2.11. The van der Waals surface area contributed by atoms with Gasteiger partial charge in [-0.3, -0.25) is 0 Å². The molecule has 82 valence electrons. The Kier molecular flexibility index (Phi) is 4.61. The summed E-state index contributed by atoms with van der Waals surface area (Å²) in [4.78, 5) is 0. The van der Waals surface area contributed by atoms with Gasteiger partial charge in [0.15, 0.2) is 0 Å². The minimum absolute atomic E-state index is 0.625. The molecule has 1 aromatic carbocycles.